The first-order valence-corrected chi connectivity index (χ1v) is 7.20. The number of aliphatic carboxylic acids is 1. The molecule has 1 aromatic carbocycles. The number of carboxylic acids is 1. The van der Waals surface area contributed by atoms with E-state index in [0.29, 0.717) is 18.9 Å². The Labute approximate surface area is 126 Å². The molecule has 4 heteroatoms. The quantitative estimate of drug-likeness (QED) is 0.687. The third-order valence-electron chi connectivity index (χ3n) is 3.41. The van der Waals surface area contributed by atoms with Crippen LogP contribution in [0.1, 0.15) is 37.3 Å². The van der Waals surface area contributed by atoms with Gasteiger partial charge in [-0.15, -0.1) is 6.58 Å². The van der Waals surface area contributed by atoms with Crippen molar-refractivity contribution in [3.8, 4) is 5.75 Å². The summed E-state index contributed by atoms with van der Waals surface area (Å²) in [5.41, 5.74) is 2.26. The molecule has 0 aliphatic rings. The number of hydrogen-bond donors (Lipinski definition) is 2. The summed E-state index contributed by atoms with van der Waals surface area (Å²) in [7, 11) is 1.64. The summed E-state index contributed by atoms with van der Waals surface area (Å²) < 4.78 is 5.40. The van der Waals surface area contributed by atoms with Crippen molar-refractivity contribution in [3.63, 3.8) is 0 Å². The third-order valence-corrected chi connectivity index (χ3v) is 3.41. The minimum atomic E-state index is -0.810. The van der Waals surface area contributed by atoms with E-state index in [1.807, 2.05) is 6.07 Å². The highest BCUT2D eigenvalue weighted by atomic mass is 16.5. The zero-order valence-corrected chi connectivity index (χ0v) is 13.1. The molecule has 1 aromatic rings. The number of methoxy groups -OCH3 is 1. The monoisotopic (exact) mass is 291 g/mol. The minimum absolute atomic E-state index is 0.0723. The fraction of sp³-hybridized carbons (Fsp3) is 0.471. The lowest BCUT2D eigenvalue weighted by Crippen LogP contribution is -2.33. The number of hydrogen-bond acceptors (Lipinski definition) is 3. The number of carbonyl (C=O) groups is 1. The van der Waals surface area contributed by atoms with Crippen LogP contribution >= 0.6 is 0 Å². The van der Waals surface area contributed by atoms with Gasteiger partial charge in [-0.3, -0.25) is 4.79 Å². The average molecular weight is 291 g/mol. The minimum Gasteiger partial charge on any atom is -0.496 e. The van der Waals surface area contributed by atoms with Crippen molar-refractivity contribution >= 4 is 5.97 Å². The van der Waals surface area contributed by atoms with Crippen molar-refractivity contribution in [1.82, 2.24) is 5.32 Å². The first kappa shape index (κ1) is 17.2. The van der Waals surface area contributed by atoms with E-state index in [2.05, 4.69) is 37.9 Å². The predicted octanol–water partition coefficient (Wildman–Crippen LogP) is 2.98. The molecule has 0 aromatic heterocycles. The van der Waals surface area contributed by atoms with E-state index in [9.17, 15) is 4.79 Å². The molecule has 0 bridgehead atoms. The third kappa shape index (κ3) is 5.60. The highest BCUT2D eigenvalue weighted by Crippen LogP contribution is 2.25. The molecule has 0 aliphatic carbocycles. The van der Waals surface area contributed by atoms with Crippen molar-refractivity contribution < 1.29 is 14.6 Å². The molecule has 0 saturated carbocycles. The van der Waals surface area contributed by atoms with Gasteiger partial charge in [-0.1, -0.05) is 32.1 Å². The van der Waals surface area contributed by atoms with Gasteiger partial charge in [0.05, 0.1) is 13.5 Å². The van der Waals surface area contributed by atoms with Gasteiger partial charge in [0.15, 0.2) is 0 Å². The van der Waals surface area contributed by atoms with Gasteiger partial charge >= 0.3 is 5.97 Å². The van der Waals surface area contributed by atoms with Crippen molar-refractivity contribution in [2.45, 2.75) is 38.6 Å². The van der Waals surface area contributed by atoms with Gasteiger partial charge < -0.3 is 15.2 Å². The van der Waals surface area contributed by atoms with E-state index < -0.39 is 5.97 Å². The Morgan fingerprint density at radius 2 is 2.19 bits per heavy atom. The Morgan fingerprint density at radius 1 is 1.48 bits per heavy atom. The van der Waals surface area contributed by atoms with Crippen molar-refractivity contribution in [2.75, 3.05) is 13.7 Å². The van der Waals surface area contributed by atoms with E-state index in [-0.39, 0.29) is 12.5 Å². The highest BCUT2D eigenvalue weighted by Gasteiger charge is 2.16. The summed E-state index contributed by atoms with van der Waals surface area (Å²) in [5, 5.41) is 12.2. The van der Waals surface area contributed by atoms with Crippen molar-refractivity contribution in [2.24, 2.45) is 0 Å². The molecule has 0 radical (unpaired) electrons. The Balaban J connectivity index is 2.96. The van der Waals surface area contributed by atoms with Crippen LogP contribution in [0.4, 0.5) is 0 Å². The molecule has 116 valence electrons. The molecule has 0 saturated heterocycles. The molecule has 1 atom stereocenters. The van der Waals surface area contributed by atoms with E-state index >= 15 is 0 Å². The van der Waals surface area contributed by atoms with Crippen LogP contribution in [0.5, 0.6) is 5.75 Å². The van der Waals surface area contributed by atoms with Crippen LogP contribution in [0, 0.1) is 0 Å². The number of ether oxygens (including phenoxy) is 1. The first-order chi connectivity index (χ1) is 9.97. The summed E-state index contributed by atoms with van der Waals surface area (Å²) in [4.78, 5) is 11.0. The van der Waals surface area contributed by atoms with Gasteiger partial charge in [0.25, 0.3) is 0 Å². The molecule has 0 fully saturated rings. The van der Waals surface area contributed by atoms with Gasteiger partial charge in [-0.25, -0.2) is 0 Å². The molecule has 0 heterocycles. The van der Waals surface area contributed by atoms with Crippen LogP contribution in [0.3, 0.4) is 0 Å². The van der Waals surface area contributed by atoms with Crippen molar-refractivity contribution in [1.29, 1.82) is 0 Å². The number of nitrogens with one attached hydrogen (secondary N) is 1. The zero-order chi connectivity index (χ0) is 15.8. The lowest BCUT2D eigenvalue weighted by molar-refractivity contribution is -0.137. The Kier molecular flexibility index (Phi) is 6.96. The van der Waals surface area contributed by atoms with E-state index in [1.165, 1.54) is 5.56 Å². The average Bonchev–Trinajstić information content (AvgIpc) is 2.44. The molecule has 21 heavy (non-hydrogen) atoms. The van der Waals surface area contributed by atoms with Crippen LogP contribution in [-0.2, 0) is 11.2 Å². The van der Waals surface area contributed by atoms with E-state index in [0.717, 1.165) is 11.3 Å². The summed E-state index contributed by atoms with van der Waals surface area (Å²) in [6.45, 7) is 8.51. The Bertz CT molecular complexity index is 483. The van der Waals surface area contributed by atoms with Gasteiger partial charge in [0.2, 0.25) is 0 Å². The fourth-order valence-corrected chi connectivity index (χ4v) is 2.26. The second kappa shape index (κ2) is 8.47. The molecule has 0 spiro atoms. The summed E-state index contributed by atoms with van der Waals surface area (Å²) in [6.07, 6.45) is 2.42. The lowest BCUT2D eigenvalue weighted by Gasteiger charge is -2.19. The fourth-order valence-electron chi connectivity index (χ4n) is 2.26. The predicted molar refractivity (Wildman–Crippen MR) is 85.0 cm³/mol. The molecule has 2 N–H and O–H groups in total. The lowest BCUT2D eigenvalue weighted by atomic mass is 9.96. The molecular formula is C17H25NO3. The van der Waals surface area contributed by atoms with Crippen LogP contribution in [-0.4, -0.2) is 30.8 Å². The second-order valence-corrected chi connectivity index (χ2v) is 5.42. The Hall–Kier alpha value is -1.81. The normalized spacial score (nSPS) is 12.2. The first-order valence-electron chi connectivity index (χ1n) is 7.20. The zero-order valence-electron chi connectivity index (χ0n) is 13.1. The molecule has 0 aliphatic heterocycles. The topological polar surface area (TPSA) is 58.6 Å². The van der Waals surface area contributed by atoms with Crippen LogP contribution in [0.15, 0.2) is 30.9 Å². The van der Waals surface area contributed by atoms with E-state index in [4.69, 9.17) is 9.84 Å². The van der Waals surface area contributed by atoms with Gasteiger partial charge in [-0.2, -0.15) is 0 Å². The second-order valence-electron chi connectivity index (χ2n) is 5.42. The summed E-state index contributed by atoms with van der Waals surface area (Å²) in [6, 6.07) is 5.97. The number of rotatable bonds is 9. The van der Waals surface area contributed by atoms with Crippen LogP contribution < -0.4 is 10.1 Å². The molecule has 1 rings (SSSR count). The summed E-state index contributed by atoms with van der Waals surface area (Å²) in [5.74, 6) is 0.416. The van der Waals surface area contributed by atoms with Crippen LogP contribution in [0.25, 0.3) is 0 Å². The van der Waals surface area contributed by atoms with Gasteiger partial charge in [0, 0.05) is 12.6 Å². The molecule has 1 unspecified atom stereocenters. The largest absolute Gasteiger partial charge is 0.496 e. The maximum Gasteiger partial charge on any atom is 0.304 e. The molecular weight excluding hydrogens is 266 g/mol. The number of benzene rings is 1. The van der Waals surface area contributed by atoms with Gasteiger partial charge in [-0.05, 0) is 29.5 Å². The smallest absolute Gasteiger partial charge is 0.304 e. The van der Waals surface area contributed by atoms with Gasteiger partial charge in [0.1, 0.15) is 5.75 Å². The SMILES string of the molecule is C=CCNC(CC(=O)O)Cc1cc(C(C)C)ccc1OC. The number of carboxylic acid groups (broad SMARTS) is 1. The maximum atomic E-state index is 11.0. The molecule has 4 nitrogen and oxygen atoms in total. The van der Waals surface area contributed by atoms with Crippen LogP contribution in [0.2, 0.25) is 0 Å². The highest BCUT2D eigenvalue weighted by molar-refractivity contribution is 5.67. The Morgan fingerprint density at radius 3 is 2.71 bits per heavy atom. The standard InChI is InChI=1S/C17H25NO3/c1-5-8-18-15(11-17(19)20)10-14-9-13(12(2)3)6-7-16(14)21-4/h5-7,9,12,15,18H,1,8,10-11H2,2-4H3,(H,19,20). The maximum absolute atomic E-state index is 11.0. The molecule has 0 amide bonds. The summed E-state index contributed by atoms with van der Waals surface area (Å²) >= 11 is 0. The van der Waals surface area contributed by atoms with Crippen molar-refractivity contribution in [3.05, 3.63) is 42.0 Å². The van der Waals surface area contributed by atoms with E-state index in [1.54, 1.807) is 13.2 Å².